The van der Waals surface area contributed by atoms with Crippen molar-refractivity contribution in [3.8, 4) is 17.1 Å². The van der Waals surface area contributed by atoms with Crippen molar-refractivity contribution in [2.45, 2.75) is 5.75 Å². The zero-order valence-electron chi connectivity index (χ0n) is 18.7. The number of nitro benzene ring substituents is 1. The minimum absolute atomic E-state index is 0.00235. The van der Waals surface area contributed by atoms with E-state index in [1.165, 1.54) is 53.9 Å². The highest BCUT2D eigenvalue weighted by Crippen LogP contribution is 2.36. The highest BCUT2D eigenvalue weighted by molar-refractivity contribution is 8.45. The van der Waals surface area contributed by atoms with Crippen LogP contribution in [0.15, 0.2) is 80.7 Å². The van der Waals surface area contributed by atoms with E-state index < -0.39 is 10.8 Å². The lowest BCUT2D eigenvalue weighted by Crippen LogP contribution is -2.35. The van der Waals surface area contributed by atoms with Crippen molar-refractivity contribution >= 4 is 56.6 Å². The van der Waals surface area contributed by atoms with Gasteiger partial charge in [-0.3, -0.25) is 20.3 Å². The third-order valence-electron chi connectivity index (χ3n) is 5.22. The fourth-order valence-electron chi connectivity index (χ4n) is 3.47. The highest BCUT2D eigenvalue weighted by atomic mass is 32.2. The summed E-state index contributed by atoms with van der Waals surface area (Å²) in [6.45, 7) is 0. The first-order valence-corrected chi connectivity index (χ1v) is 12.3. The van der Waals surface area contributed by atoms with Crippen molar-refractivity contribution in [3.05, 3.63) is 87.7 Å². The van der Waals surface area contributed by atoms with Gasteiger partial charge in [-0.25, -0.2) is 0 Å². The highest BCUT2D eigenvalue weighted by Gasteiger charge is 2.36. The Morgan fingerprint density at radius 1 is 1.22 bits per heavy atom. The minimum Gasteiger partial charge on any atom is -0.497 e. The molecule has 180 valence electrons. The van der Waals surface area contributed by atoms with Crippen LogP contribution in [0.2, 0.25) is 0 Å². The third kappa shape index (κ3) is 4.68. The number of amidine groups is 2. The summed E-state index contributed by atoms with van der Waals surface area (Å²) in [6, 6.07) is 17.5. The van der Waals surface area contributed by atoms with E-state index in [-0.39, 0.29) is 34.2 Å². The van der Waals surface area contributed by atoms with E-state index in [2.05, 4.69) is 10.1 Å². The first-order chi connectivity index (χ1) is 17.4. The molecule has 0 radical (unpaired) electrons. The lowest BCUT2D eigenvalue weighted by molar-refractivity contribution is -0.384. The number of carbonyl (C=O) groups is 1. The molecule has 3 aromatic rings. The molecule has 0 saturated carbocycles. The molecule has 1 aromatic heterocycles. The quantitative estimate of drug-likeness (QED) is 0.261. The molecule has 1 N–H and O–H groups in total. The Morgan fingerprint density at radius 2 is 2.03 bits per heavy atom. The first-order valence-electron chi connectivity index (χ1n) is 10.5. The van der Waals surface area contributed by atoms with E-state index in [0.717, 1.165) is 5.56 Å². The number of thioether (sulfide) groups is 2. The molecular weight excluding hydrogens is 502 g/mol. The van der Waals surface area contributed by atoms with Gasteiger partial charge >= 0.3 is 0 Å². The van der Waals surface area contributed by atoms with Crippen LogP contribution in [0.4, 0.5) is 5.69 Å². The number of hydrogen-bond acceptors (Lipinski definition) is 9. The van der Waals surface area contributed by atoms with E-state index >= 15 is 0 Å². The second-order valence-corrected chi connectivity index (χ2v) is 9.68. The zero-order valence-corrected chi connectivity index (χ0v) is 20.3. The smallest absolute Gasteiger partial charge is 0.284 e. The molecule has 0 atom stereocenters. The average Bonchev–Trinajstić information content (AvgIpc) is 3.52. The zero-order chi connectivity index (χ0) is 25.2. The Hall–Kier alpha value is -4.16. The molecule has 36 heavy (non-hydrogen) atoms. The van der Waals surface area contributed by atoms with E-state index in [4.69, 9.17) is 14.6 Å². The predicted octanol–water partition coefficient (Wildman–Crippen LogP) is 5.37. The maximum Gasteiger partial charge on any atom is 0.284 e. The third-order valence-corrected chi connectivity index (χ3v) is 7.33. The van der Waals surface area contributed by atoms with Crippen molar-refractivity contribution in [2.24, 2.45) is 10.1 Å². The number of ether oxygens (including phenoxy) is 1. The van der Waals surface area contributed by atoms with Crippen LogP contribution in [0, 0.1) is 15.5 Å². The van der Waals surface area contributed by atoms with Crippen LogP contribution in [0.1, 0.15) is 11.3 Å². The van der Waals surface area contributed by atoms with Gasteiger partial charge in [0, 0.05) is 5.75 Å². The number of aliphatic imine (C=N–C) groups is 1. The number of nitrogens with zero attached hydrogens (tertiary/aromatic N) is 4. The molecule has 3 heterocycles. The van der Waals surface area contributed by atoms with Gasteiger partial charge < -0.3 is 9.15 Å². The molecule has 5 rings (SSSR count). The summed E-state index contributed by atoms with van der Waals surface area (Å²) >= 11 is 2.74. The molecule has 0 unspecified atom stereocenters. The second kappa shape index (κ2) is 9.84. The van der Waals surface area contributed by atoms with Crippen molar-refractivity contribution < 1.29 is 18.9 Å². The summed E-state index contributed by atoms with van der Waals surface area (Å²) in [6.07, 6.45) is 1.39. The number of nitrogens with one attached hydrogen (secondary N) is 1. The number of benzene rings is 2. The number of fused-ring (bicyclic) bond motifs is 1. The van der Waals surface area contributed by atoms with Gasteiger partial charge in [-0.15, -0.1) is 5.10 Å². The van der Waals surface area contributed by atoms with E-state index in [1.54, 1.807) is 18.2 Å². The Balaban J connectivity index is 1.37. The first kappa shape index (κ1) is 23.6. The maximum absolute atomic E-state index is 12.7. The van der Waals surface area contributed by atoms with E-state index in [1.807, 2.05) is 30.3 Å². The minimum atomic E-state index is -0.586. The van der Waals surface area contributed by atoms with Crippen LogP contribution in [-0.4, -0.2) is 38.3 Å². The van der Waals surface area contributed by atoms with Crippen LogP contribution in [0.3, 0.4) is 0 Å². The summed E-state index contributed by atoms with van der Waals surface area (Å²) < 4.78 is 11.5. The predicted molar refractivity (Wildman–Crippen MR) is 140 cm³/mol. The maximum atomic E-state index is 12.7. The van der Waals surface area contributed by atoms with Crippen LogP contribution < -0.4 is 4.74 Å². The largest absolute Gasteiger partial charge is 0.497 e. The van der Waals surface area contributed by atoms with E-state index in [9.17, 15) is 14.9 Å². The summed E-state index contributed by atoms with van der Waals surface area (Å²) in [4.78, 5) is 27.8. The Bertz CT molecular complexity index is 1480. The number of amides is 1. The lowest BCUT2D eigenvalue weighted by atomic mass is 10.1. The Labute approximate surface area is 213 Å². The molecule has 2 aliphatic rings. The van der Waals surface area contributed by atoms with Gasteiger partial charge in [-0.1, -0.05) is 42.1 Å². The molecule has 0 aliphatic carbocycles. The molecule has 0 saturated heterocycles. The molecular formula is C24H17N5O5S2. The number of carbonyl (C=O) groups excluding carboxylic acids is 1. The Kier molecular flexibility index (Phi) is 6.44. The molecule has 12 heteroatoms. The molecule has 2 aliphatic heterocycles. The lowest BCUT2D eigenvalue weighted by Gasteiger charge is -2.19. The summed E-state index contributed by atoms with van der Waals surface area (Å²) in [5.41, 5.74) is 1.22. The van der Waals surface area contributed by atoms with Crippen LogP contribution in [-0.2, 0) is 10.5 Å². The SMILES string of the molecule is COc1ccc(-c2ccc(/C=C3\C(=N)N4N=C(SCc5ccccc5)SC4=NC3=O)o2)c([N+](=O)[O-])c1. The fourth-order valence-corrected chi connectivity index (χ4v) is 5.35. The molecule has 0 fully saturated rings. The molecule has 0 bridgehead atoms. The number of nitro groups is 1. The second-order valence-electron chi connectivity index (χ2n) is 7.50. The van der Waals surface area contributed by atoms with Crippen molar-refractivity contribution in [1.29, 1.82) is 5.41 Å². The van der Waals surface area contributed by atoms with Gasteiger partial charge in [0.25, 0.3) is 11.6 Å². The van der Waals surface area contributed by atoms with Crippen LogP contribution in [0.5, 0.6) is 5.75 Å². The van der Waals surface area contributed by atoms with Crippen molar-refractivity contribution in [2.75, 3.05) is 7.11 Å². The number of hydrogen-bond donors (Lipinski definition) is 1. The summed E-state index contributed by atoms with van der Waals surface area (Å²) in [5, 5.41) is 26.1. The van der Waals surface area contributed by atoms with Gasteiger partial charge in [0.05, 0.1) is 29.2 Å². The number of hydrazone groups is 1. The average molecular weight is 520 g/mol. The Morgan fingerprint density at radius 3 is 2.78 bits per heavy atom. The normalized spacial score (nSPS) is 16.1. The topological polar surface area (TPSA) is 134 Å². The van der Waals surface area contributed by atoms with Gasteiger partial charge in [0.1, 0.15) is 17.3 Å². The van der Waals surface area contributed by atoms with E-state index in [0.29, 0.717) is 21.0 Å². The number of rotatable bonds is 6. The van der Waals surface area contributed by atoms with Crippen molar-refractivity contribution in [3.63, 3.8) is 0 Å². The number of furan rings is 1. The molecule has 2 aromatic carbocycles. The molecule has 0 spiro atoms. The fraction of sp³-hybridized carbons (Fsp3) is 0.0833. The number of methoxy groups -OCH3 is 1. The monoisotopic (exact) mass is 519 g/mol. The standard InChI is InChI=1S/C24H17N5O5S2/c1-33-15-7-9-17(19(12-15)29(31)32)20-10-8-16(34-20)11-18-21(25)28-23(26-22(18)30)36-24(27-28)35-13-14-5-3-2-4-6-14/h2-12,25H,13H2,1H3/b18-11+,25-21?. The van der Waals surface area contributed by atoms with Gasteiger partial charge in [-0.2, -0.15) is 10.0 Å². The van der Waals surface area contributed by atoms with Crippen LogP contribution in [0.25, 0.3) is 17.4 Å². The van der Waals surface area contributed by atoms with Crippen LogP contribution >= 0.6 is 23.5 Å². The molecule has 1 amide bonds. The summed E-state index contributed by atoms with van der Waals surface area (Å²) in [5.74, 6) is 0.822. The van der Waals surface area contributed by atoms with Crippen molar-refractivity contribution in [1.82, 2.24) is 5.01 Å². The molecule has 10 nitrogen and oxygen atoms in total. The summed E-state index contributed by atoms with van der Waals surface area (Å²) in [7, 11) is 1.42. The van der Waals surface area contributed by atoms with Gasteiger partial charge in [-0.05, 0) is 47.7 Å². The van der Waals surface area contributed by atoms with Gasteiger partial charge in [0.2, 0.25) is 5.17 Å². The van der Waals surface area contributed by atoms with Gasteiger partial charge in [0.15, 0.2) is 10.2 Å².